The van der Waals surface area contributed by atoms with E-state index in [1.165, 1.54) is 89.9 Å². The quantitative estimate of drug-likeness (QED) is 0.0248. The van der Waals surface area contributed by atoms with Crippen LogP contribution in [0.15, 0.2) is 60.8 Å². The monoisotopic (exact) mass is 784 g/mol. The molecule has 0 saturated carbocycles. The number of ether oxygens (including phenoxy) is 1. The van der Waals surface area contributed by atoms with Crippen LogP contribution in [0, 0.1) is 0 Å². The number of hydrogen-bond acceptors (Lipinski definition) is 5. The summed E-state index contributed by atoms with van der Waals surface area (Å²) in [4.78, 5) is 26.0. The summed E-state index contributed by atoms with van der Waals surface area (Å²) in [6.45, 7) is 6.30. The van der Waals surface area contributed by atoms with Gasteiger partial charge in [0.25, 0.3) is 0 Å². The van der Waals surface area contributed by atoms with Gasteiger partial charge in [0.15, 0.2) is 0 Å². The van der Waals surface area contributed by atoms with E-state index in [1.807, 2.05) is 24.3 Å². The first-order chi connectivity index (χ1) is 27.5. The maximum Gasteiger partial charge on any atom is 0.306 e. The molecule has 6 heteroatoms. The fraction of sp³-hybridized carbons (Fsp3) is 0.760. The summed E-state index contributed by atoms with van der Waals surface area (Å²) in [5, 5.41) is 23.6. The van der Waals surface area contributed by atoms with Crippen molar-refractivity contribution in [2.75, 3.05) is 6.61 Å². The lowest BCUT2D eigenvalue weighted by molar-refractivity contribution is -0.151. The maximum absolute atomic E-state index is 13.1. The van der Waals surface area contributed by atoms with E-state index < -0.39 is 18.2 Å². The fourth-order valence-electron chi connectivity index (χ4n) is 6.85. The molecule has 6 nitrogen and oxygen atoms in total. The lowest BCUT2D eigenvalue weighted by atomic mass is 10.0. The van der Waals surface area contributed by atoms with Crippen LogP contribution in [-0.4, -0.2) is 46.9 Å². The van der Waals surface area contributed by atoms with Crippen LogP contribution in [0.1, 0.15) is 220 Å². The summed E-state index contributed by atoms with van der Waals surface area (Å²) < 4.78 is 5.88. The Kier molecular flexibility index (Phi) is 41.8. The highest BCUT2D eigenvalue weighted by molar-refractivity contribution is 5.77. The first-order valence-corrected chi connectivity index (χ1v) is 23.6. The SMILES string of the molecule is CC/C=C/C=C/C=C/C=C\CCCCCC(CC(=O)NC(CO)C(O)CCCCCCCCCCCCC)OC(=O)CCCCC/C=C\CCCCCCCC. The van der Waals surface area contributed by atoms with Crippen molar-refractivity contribution in [1.29, 1.82) is 0 Å². The molecule has 1 amide bonds. The number of carbonyl (C=O) groups is 2. The summed E-state index contributed by atoms with van der Waals surface area (Å²) in [6.07, 6.45) is 52.8. The molecular formula is C50H89NO5. The van der Waals surface area contributed by atoms with Crippen LogP contribution in [0.4, 0.5) is 0 Å². The van der Waals surface area contributed by atoms with Gasteiger partial charge in [-0.05, 0) is 70.6 Å². The van der Waals surface area contributed by atoms with Gasteiger partial charge in [-0.3, -0.25) is 9.59 Å². The second kappa shape index (κ2) is 43.7. The molecule has 3 atom stereocenters. The van der Waals surface area contributed by atoms with Gasteiger partial charge >= 0.3 is 5.97 Å². The van der Waals surface area contributed by atoms with E-state index >= 15 is 0 Å². The third-order valence-corrected chi connectivity index (χ3v) is 10.4. The van der Waals surface area contributed by atoms with Crippen LogP contribution in [0.2, 0.25) is 0 Å². The first kappa shape index (κ1) is 53.6. The van der Waals surface area contributed by atoms with Gasteiger partial charge < -0.3 is 20.3 Å². The number of rotatable bonds is 41. The Labute approximate surface area is 346 Å². The Balaban J connectivity index is 4.70. The molecule has 0 fully saturated rings. The molecule has 0 aliphatic rings. The second-order valence-corrected chi connectivity index (χ2v) is 15.9. The largest absolute Gasteiger partial charge is 0.462 e. The van der Waals surface area contributed by atoms with Gasteiger partial charge in [0.05, 0.1) is 25.2 Å². The minimum atomic E-state index is -0.800. The fourth-order valence-corrected chi connectivity index (χ4v) is 6.85. The highest BCUT2D eigenvalue weighted by Crippen LogP contribution is 2.17. The molecule has 0 aromatic rings. The van der Waals surface area contributed by atoms with Crippen LogP contribution < -0.4 is 5.32 Å². The molecule has 0 saturated heterocycles. The standard InChI is InChI=1S/C50H89NO5/c1-4-7-10-13-16-19-22-24-27-29-32-35-38-41-46(56-50(55)43-40-37-34-31-28-25-23-20-17-14-11-8-5-2)44-49(54)51-47(45-52)48(53)42-39-36-33-30-26-21-18-15-12-9-6-3/h7,10,13,16,19,22,24-25,27-28,46-48,52-53H,4-6,8-9,11-12,14-15,17-18,20-21,23,26,29-45H2,1-3H3,(H,51,54)/b10-7+,16-13+,22-19+,27-24-,28-25-. The number of allylic oxidation sites excluding steroid dienone is 10. The van der Waals surface area contributed by atoms with Crippen LogP contribution >= 0.6 is 0 Å². The Hall–Kier alpha value is -2.44. The van der Waals surface area contributed by atoms with Crippen LogP contribution in [-0.2, 0) is 14.3 Å². The Morgan fingerprint density at radius 1 is 0.536 bits per heavy atom. The number of aliphatic hydroxyl groups is 2. The topological polar surface area (TPSA) is 95.9 Å². The van der Waals surface area contributed by atoms with Gasteiger partial charge in [-0.1, -0.05) is 197 Å². The third kappa shape index (κ3) is 38.4. The lowest BCUT2D eigenvalue weighted by Gasteiger charge is -2.24. The zero-order valence-corrected chi connectivity index (χ0v) is 36.8. The summed E-state index contributed by atoms with van der Waals surface area (Å²) >= 11 is 0. The molecule has 3 N–H and O–H groups in total. The maximum atomic E-state index is 13.1. The number of aliphatic hydroxyl groups excluding tert-OH is 2. The van der Waals surface area contributed by atoms with Gasteiger partial charge in [-0.25, -0.2) is 0 Å². The zero-order chi connectivity index (χ0) is 41.0. The molecule has 0 spiro atoms. The lowest BCUT2D eigenvalue weighted by Crippen LogP contribution is -2.46. The van der Waals surface area contributed by atoms with Gasteiger partial charge in [-0.15, -0.1) is 0 Å². The molecular weight excluding hydrogens is 695 g/mol. The highest BCUT2D eigenvalue weighted by atomic mass is 16.5. The van der Waals surface area contributed by atoms with Crippen molar-refractivity contribution in [3.8, 4) is 0 Å². The van der Waals surface area contributed by atoms with Crippen molar-refractivity contribution < 1.29 is 24.5 Å². The van der Waals surface area contributed by atoms with Crippen molar-refractivity contribution in [3.05, 3.63) is 60.8 Å². The van der Waals surface area contributed by atoms with Gasteiger partial charge in [0.2, 0.25) is 5.91 Å². The van der Waals surface area contributed by atoms with Crippen molar-refractivity contribution >= 4 is 11.9 Å². The smallest absolute Gasteiger partial charge is 0.306 e. The number of unbranched alkanes of at least 4 members (excludes halogenated alkanes) is 22. The predicted octanol–water partition coefficient (Wildman–Crippen LogP) is 13.7. The number of amides is 1. The number of nitrogens with one attached hydrogen (secondary N) is 1. The molecule has 0 aromatic heterocycles. The Morgan fingerprint density at radius 3 is 1.54 bits per heavy atom. The molecule has 0 radical (unpaired) electrons. The molecule has 0 aromatic carbocycles. The van der Waals surface area contributed by atoms with Crippen molar-refractivity contribution in [1.82, 2.24) is 5.32 Å². The molecule has 324 valence electrons. The Bertz CT molecular complexity index is 1010. The molecule has 0 rings (SSSR count). The number of esters is 1. The predicted molar refractivity (Wildman–Crippen MR) is 241 cm³/mol. The van der Waals surface area contributed by atoms with Crippen molar-refractivity contribution in [2.24, 2.45) is 0 Å². The van der Waals surface area contributed by atoms with Crippen LogP contribution in [0.3, 0.4) is 0 Å². The molecule has 3 unspecified atom stereocenters. The highest BCUT2D eigenvalue weighted by Gasteiger charge is 2.24. The Morgan fingerprint density at radius 2 is 0.982 bits per heavy atom. The van der Waals surface area contributed by atoms with E-state index in [0.29, 0.717) is 19.3 Å². The normalized spacial score (nSPS) is 13.9. The molecule has 0 aliphatic heterocycles. The van der Waals surface area contributed by atoms with E-state index in [2.05, 4.69) is 62.5 Å². The van der Waals surface area contributed by atoms with E-state index in [1.54, 1.807) is 0 Å². The van der Waals surface area contributed by atoms with Gasteiger partial charge in [-0.2, -0.15) is 0 Å². The van der Waals surface area contributed by atoms with Gasteiger partial charge in [0.1, 0.15) is 6.10 Å². The van der Waals surface area contributed by atoms with E-state index in [0.717, 1.165) is 83.5 Å². The zero-order valence-electron chi connectivity index (χ0n) is 36.8. The molecule has 0 heterocycles. The average molecular weight is 784 g/mol. The van der Waals surface area contributed by atoms with Crippen molar-refractivity contribution in [2.45, 2.75) is 238 Å². The summed E-state index contributed by atoms with van der Waals surface area (Å²) in [7, 11) is 0. The van der Waals surface area contributed by atoms with E-state index in [-0.39, 0.29) is 24.9 Å². The molecule has 0 bridgehead atoms. The van der Waals surface area contributed by atoms with E-state index in [4.69, 9.17) is 4.74 Å². The first-order valence-electron chi connectivity index (χ1n) is 23.6. The summed E-state index contributed by atoms with van der Waals surface area (Å²) in [5.74, 6) is -0.535. The third-order valence-electron chi connectivity index (χ3n) is 10.4. The van der Waals surface area contributed by atoms with E-state index in [9.17, 15) is 19.8 Å². The van der Waals surface area contributed by atoms with Crippen LogP contribution in [0.25, 0.3) is 0 Å². The summed E-state index contributed by atoms with van der Waals surface area (Å²) in [6, 6.07) is -0.717. The number of hydrogen-bond donors (Lipinski definition) is 3. The molecule has 0 aliphatic carbocycles. The van der Waals surface area contributed by atoms with Gasteiger partial charge in [0, 0.05) is 6.42 Å². The summed E-state index contributed by atoms with van der Waals surface area (Å²) in [5.41, 5.74) is 0. The molecule has 56 heavy (non-hydrogen) atoms. The minimum absolute atomic E-state index is 0.0441. The average Bonchev–Trinajstić information content (AvgIpc) is 3.19. The minimum Gasteiger partial charge on any atom is -0.462 e. The number of carbonyl (C=O) groups excluding carboxylic acids is 2. The van der Waals surface area contributed by atoms with Crippen molar-refractivity contribution in [3.63, 3.8) is 0 Å². The van der Waals surface area contributed by atoms with Crippen LogP contribution in [0.5, 0.6) is 0 Å². The second-order valence-electron chi connectivity index (χ2n) is 15.9.